The van der Waals surface area contributed by atoms with E-state index in [0.717, 1.165) is 0 Å². The van der Waals surface area contributed by atoms with Crippen LogP contribution in [0.25, 0.3) is 0 Å². The Morgan fingerprint density at radius 1 is 0.615 bits per heavy atom. The Bertz CT molecular complexity index is 128. The third kappa shape index (κ3) is 274. The van der Waals surface area contributed by atoms with Crippen molar-refractivity contribution in [1.82, 2.24) is 0 Å². The van der Waals surface area contributed by atoms with E-state index in [2.05, 4.69) is 0 Å². The van der Waals surface area contributed by atoms with Gasteiger partial charge in [0.25, 0.3) is 0 Å². The Kier molecular flexibility index (Phi) is 30.1. The molecule has 0 rings (SSSR count). The van der Waals surface area contributed by atoms with Crippen molar-refractivity contribution in [2.45, 2.75) is 0 Å². The molecule has 2 radical (unpaired) electrons. The molecular formula is H2Ac2O9P2-6. The average Bonchev–Trinajstić information content (AvgIpc) is 1.12. The van der Waals surface area contributed by atoms with Gasteiger partial charge in [0.1, 0.15) is 0 Å². The third-order valence-corrected chi connectivity index (χ3v) is 0. The molecule has 2 N–H and O–H groups in total. The Morgan fingerprint density at radius 2 is 0.615 bits per heavy atom. The summed E-state index contributed by atoms with van der Waals surface area (Å²) in [6, 6.07) is 0. The molecule has 0 fully saturated rings. The van der Waals surface area contributed by atoms with E-state index in [1.807, 2.05) is 0 Å². The number of phosphoric acid groups is 2. The van der Waals surface area contributed by atoms with E-state index >= 15 is 0 Å². The fourth-order valence-corrected chi connectivity index (χ4v) is 0. The summed E-state index contributed by atoms with van der Waals surface area (Å²) in [5.74, 6) is 0. The average molecular weight is 662 g/mol. The van der Waals surface area contributed by atoms with Crippen molar-refractivity contribution in [2.75, 3.05) is 0 Å². The zero-order valence-electron chi connectivity index (χ0n) is 5.82. The van der Waals surface area contributed by atoms with Crippen molar-refractivity contribution in [2.24, 2.45) is 0 Å². The first-order valence-electron chi connectivity index (χ1n) is 1.46. The van der Waals surface area contributed by atoms with Crippen LogP contribution in [0.1, 0.15) is 0 Å². The van der Waals surface area contributed by atoms with Gasteiger partial charge in [-0.3, -0.25) is 0 Å². The van der Waals surface area contributed by atoms with Crippen LogP contribution < -0.4 is 29.4 Å². The van der Waals surface area contributed by atoms with E-state index in [1.165, 1.54) is 0 Å². The summed E-state index contributed by atoms with van der Waals surface area (Å²) in [5, 5.41) is 0. The van der Waals surface area contributed by atoms with Crippen LogP contribution in [-0.2, 0) is 9.13 Å². The minimum absolute atomic E-state index is 0. The fourth-order valence-electron chi connectivity index (χ4n) is 0. The van der Waals surface area contributed by atoms with E-state index in [0.29, 0.717) is 0 Å². The van der Waals surface area contributed by atoms with Crippen LogP contribution in [0.3, 0.4) is 0 Å². The molecule has 0 spiro atoms. The van der Waals surface area contributed by atoms with Crippen molar-refractivity contribution in [3.8, 4) is 0 Å². The Hall–Kier alpha value is 3.06. The molecule has 0 aliphatic carbocycles. The maximum absolute atomic E-state index is 8.55. The van der Waals surface area contributed by atoms with Gasteiger partial charge in [-0.05, 0) is 0 Å². The molecule has 0 unspecified atom stereocenters. The summed E-state index contributed by atoms with van der Waals surface area (Å²) >= 11 is 0. The first kappa shape index (κ1) is 29.8. The Morgan fingerprint density at radius 3 is 0.615 bits per heavy atom. The van der Waals surface area contributed by atoms with E-state index in [9.17, 15) is 0 Å². The zero-order chi connectivity index (χ0) is 9.00. The van der Waals surface area contributed by atoms with Gasteiger partial charge in [0.15, 0.2) is 0 Å². The van der Waals surface area contributed by atoms with E-state index in [4.69, 9.17) is 38.5 Å². The van der Waals surface area contributed by atoms with E-state index in [1.54, 1.807) is 0 Å². The van der Waals surface area contributed by atoms with Crippen LogP contribution >= 0.6 is 15.6 Å². The minimum atomic E-state index is -5.39. The maximum Gasteiger partial charge on any atom is 0 e. The Labute approximate surface area is 145 Å². The monoisotopic (exact) mass is 662 g/mol. The summed E-state index contributed by atoms with van der Waals surface area (Å²) in [7, 11) is -10.8. The summed E-state index contributed by atoms with van der Waals surface area (Å²) in [6.07, 6.45) is 0. The fraction of sp³-hybridized carbons (Fsp3) is 0. The van der Waals surface area contributed by atoms with Gasteiger partial charge in [-0.15, -0.1) is 0 Å². The van der Waals surface area contributed by atoms with Crippen molar-refractivity contribution in [3.63, 3.8) is 0 Å². The second kappa shape index (κ2) is 13.1. The maximum atomic E-state index is 8.55. The first-order chi connectivity index (χ1) is 4.00. The van der Waals surface area contributed by atoms with Crippen LogP contribution in [0.2, 0.25) is 0 Å². The molecule has 13 heavy (non-hydrogen) atoms. The quantitative estimate of drug-likeness (QED) is 0.228. The SMILES string of the molecule is O.O=P([O-])([O-])[O-].O=P([O-])([O-])[O-].[Ac].[Ac]. The van der Waals surface area contributed by atoms with Crippen molar-refractivity contribution >= 4 is 15.6 Å². The van der Waals surface area contributed by atoms with Crippen LogP contribution in [0.5, 0.6) is 0 Å². The molecule has 9 nitrogen and oxygen atoms in total. The molecule has 0 aliphatic heterocycles. The summed E-state index contributed by atoms with van der Waals surface area (Å²) in [5.41, 5.74) is 0. The zero-order valence-corrected chi connectivity index (χ0v) is 17.1. The van der Waals surface area contributed by atoms with Gasteiger partial charge in [-0.2, -0.15) is 15.6 Å². The van der Waals surface area contributed by atoms with E-state index in [-0.39, 0.29) is 93.6 Å². The Balaban J connectivity index is -0.0000000267. The first-order valence-corrected chi connectivity index (χ1v) is 4.38. The van der Waals surface area contributed by atoms with Gasteiger partial charge in [0, 0.05) is 88.1 Å². The molecule has 0 saturated heterocycles. The molecule has 0 aromatic carbocycles. The van der Waals surface area contributed by atoms with Crippen molar-refractivity contribution < 1.29 is 132 Å². The minimum Gasteiger partial charge on any atom is -0.822 e. The van der Waals surface area contributed by atoms with Crippen LogP contribution in [0.15, 0.2) is 0 Å². The molecule has 0 aliphatic rings. The predicted octanol–water partition coefficient (Wildman–Crippen LogP) is -6.47. The smallest absolute Gasteiger partial charge is 0 e. The van der Waals surface area contributed by atoms with Crippen molar-refractivity contribution in [1.29, 1.82) is 0 Å². The second-order valence-electron chi connectivity index (χ2n) is 0.894. The topological polar surface area (TPSA) is 204 Å². The van der Waals surface area contributed by atoms with Crippen LogP contribution in [0.4, 0.5) is 0 Å². The molecule has 0 saturated carbocycles. The third-order valence-electron chi connectivity index (χ3n) is 0. The molecule has 0 heterocycles. The van der Waals surface area contributed by atoms with Gasteiger partial charge >= 0.3 is 0 Å². The normalized spacial score (nSPS) is 9.08. The number of rotatable bonds is 0. The second-order valence-corrected chi connectivity index (χ2v) is 2.68. The molecular weight excluding hydrogens is 660 g/mol. The summed E-state index contributed by atoms with van der Waals surface area (Å²) < 4.78 is 17.1. The van der Waals surface area contributed by atoms with Gasteiger partial charge < -0.3 is 44.0 Å². The summed E-state index contributed by atoms with van der Waals surface area (Å²) in [6.45, 7) is 0. The van der Waals surface area contributed by atoms with Crippen molar-refractivity contribution in [3.05, 3.63) is 0 Å². The summed E-state index contributed by atoms with van der Waals surface area (Å²) in [4.78, 5) is 51.3. The number of hydrogen-bond acceptors (Lipinski definition) is 8. The molecule has 0 aromatic rings. The molecule has 0 atom stereocenters. The molecule has 0 amide bonds. The number of hydrogen-bond donors (Lipinski definition) is 0. The largest absolute Gasteiger partial charge is 0.822 e. The molecule has 0 bridgehead atoms. The predicted molar refractivity (Wildman–Crippen MR) is 18.8 cm³/mol. The molecule has 13 heteroatoms. The standard InChI is InChI=1S/2Ac.2H3O4P.H2O/c;;2*1-5(2,3)4;/h;;2*(H3,1,2,3,4);1H2/p-6. The van der Waals surface area contributed by atoms with Gasteiger partial charge in [-0.25, -0.2) is 0 Å². The molecule has 78 valence electrons. The van der Waals surface area contributed by atoms with Gasteiger partial charge in [0.05, 0.1) is 0 Å². The van der Waals surface area contributed by atoms with Crippen LogP contribution in [-0.4, -0.2) is 5.48 Å². The van der Waals surface area contributed by atoms with Gasteiger partial charge in [-0.1, -0.05) is 0 Å². The van der Waals surface area contributed by atoms with Gasteiger partial charge in [0.2, 0.25) is 0 Å². The van der Waals surface area contributed by atoms with E-state index < -0.39 is 15.6 Å². The molecule has 0 aromatic heterocycles. The van der Waals surface area contributed by atoms with Crippen LogP contribution in [0, 0.1) is 88.1 Å².